The maximum absolute atomic E-state index is 10.9. The minimum atomic E-state index is 0.0704. The zero-order valence-corrected chi connectivity index (χ0v) is 11.2. The highest BCUT2D eigenvalue weighted by Crippen LogP contribution is 2.17. The maximum Gasteiger partial charge on any atom is 0.149 e. The van der Waals surface area contributed by atoms with E-state index >= 15 is 0 Å². The van der Waals surface area contributed by atoms with Gasteiger partial charge < -0.3 is 5.32 Å². The monoisotopic (exact) mass is 255 g/mol. The average molecular weight is 255 g/mol. The minimum Gasteiger partial charge on any atom is -0.362 e. The SMILES string of the molecule is CCc1ccc(-c2ccc(NCC(C)=O)nn2)cc1. The number of carbonyl (C=O) groups excluding carboxylic acids is 1. The summed E-state index contributed by atoms with van der Waals surface area (Å²) in [5.41, 5.74) is 3.18. The third-order valence-corrected chi connectivity index (χ3v) is 2.84. The number of nitrogens with zero attached hydrogens (tertiary/aromatic N) is 2. The van der Waals surface area contributed by atoms with E-state index in [1.165, 1.54) is 12.5 Å². The van der Waals surface area contributed by atoms with E-state index in [1.54, 1.807) is 0 Å². The molecular weight excluding hydrogens is 238 g/mol. The van der Waals surface area contributed by atoms with E-state index in [1.807, 2.05) is 24.3 Å². The molecule has 2 aromatic rings. The van der Waals surface area contributed by atoms with Gasteiger partial charge in [-0.3, -0.25) is 4.79 Å². The number of rotatable bonds is 5. The van der Waals surface area contributed by atoms with Gasteiger partial charge in [-0.2, -0.15) is 0 Å². The molecule has 98 valence electrons. The van der Waals surface area contributed by atoms with Crippen LogP contribution in [0.1, 0.15) is 19.4 Å². The lowest BCUT2D eigenvalue weighted by molar-refractivity contribution is -0.115. The third kappa shape index (κ3) is 3.61. The van der Waals surface area contributed by atoms with Gasteiger partial charge in [0.15, 0.2) is 0 Å². The van der Waals surface area contributed by atoms with Crippen LogP contribution in [0.2, 0.25) is 0 Å². The number of nitrogens with one attached hydrogen (secondary N) is 1. The first-order valence-electron chi connectivity index (χ1n) is 6.35. The molecule has 0 amide bonds. The van der Waals surface area contributed by atoms with Gasteiger partial charge in [0.2, 0.25) is 0 Å². The molecule has 4 heteroatoms. The van der Waals surface area contributed by atoms with Crippen molar-refractivity contribution in [2.75, 3.05) is 11.9 Å². The summed E-state index contributed by atoms with van der Waals surface area (Å²) in [6.45, 7) is 3.94. The normalized spacial score (nSPS) is 10.2. The second-order valence-corrected chi connectivity index (χ2v) is 4.41. The second-order valence-electron chi connectivity index (χ2n) is 4.41. The molecule has 0 aliphatic carbocycles. The van der Waals surface area contributed by atoms with E-state index in [2.05, 4.69) is 34.6 Å². The van der Waals surface area contributed by atoms with Crippen LogP contribution >= 0.6 is 0 Å². The number of hydrogen-bond acceptors (Lipinski definition) is 4. The highest BCUT2D eigenvalue weighted by molar-refractivity contribution is 5.80. The molecule has 0 saturated heterocycles. The molecule has 4 nitrogen and oxygen atoms in total. The van der Waals surface area contributed by atoms with E-state index in [4.69, 9.17) is 0 Å². The summed E-state index contributed by atoms with van der Waals surface area (Å²) in [4.78, 5) is 10.9. The van der Waals surface area contributed by atoms with Crippen LogP contribution in [0.15, 0.2) is 36.4 Å². The van der Waals surface area contributed by atoms with Crippen molar-refractivity contribution in [2.24, 2.45) is 0 Å². The third-order valence-electron chi connectivity index (χ3n) is 2.84. The van der Waals surface area contributed by atoms with Gasteiger partial charge in [-0.1, -0.05) is 31.2 Å². The van der Waals surface area contributed by atoms with Gasteiger partial charge in [0.25, 0.3) is 0 Å². The van der Waals surface area contributed by atoms with Crippen molar-refractivity contribution in [3.63, 3.8) is 0 Å². The molecule has 0 fully saturated rings. The molecule has 1 N–H and O–H groups in total. The standard InChI is InChI=1S/C15H17N3O/c1-3-12-4-6-13(7-5-12)14-8-9-15(18-17-14)16-10-11(2)19/h4-9H,3,10H2,1-2H3,(H,16,18). The molecule has 0 atom stereocenters. The van der Waals surface area contributed by atoms with Crippen LogP contribution in [0.25, 0.3) is 11.3 Å². The van der Waals surface area contributed by atoms with Crippen LogP contribution in [-0.2, 0) is 11.2 Å². The summed E-state index contributed by atoms with van der Waals surface area (Å²) in [6, 6.07) is 12.0. The number of carbonyl (C=O) groups is 1. The Labute approximate surface area is 112 Å². The van der Waals surface area contributed by atoms with Crippen molar-refractivity contribution in [1.82, 2.24) is 10.2 Å². The van der Waals surface area contributed by atoms with Crippen molar-refractivity contribution >= 4 is 11.6 Å². The highest BCUT2D eigenvalue weighted by atomic mass is 16.1. The molecule has 0 saturated carbocycles. The molecule has 1 aromatic carbocycles. The van der Waals surface area contributed by atoms with E-state index < -0.39 is 0 Å². The number of hydrogen-bond donors (Lipinski definition) is 1. The molecule has 1 aromatic heterocycles. The Bertz CT molecular complexity index is 547. The van der Waals surface area contributed by atoms with Gasteiger partial charge in [0.1, 0.15) is 11.6 Å². The summed E-state index contributed by atoms with van der Waals surface area (Å²) in [5.74, 6) is 0.685. The highest BCUT2D eigenvalue weighted by Gasteiger charge is 2.01. The summed E-state index contributed by atoms with van der Waals surface area (Å²) in [5, 5.41) is 11.1. The predicted molar refractivity (Wildman–Crippen MR) is 76.0 cm³/mol. The lowest BCUT2D eigenvalue weighted by Gasteiger charge is -2.04. The summed E-state index contributed by atoms with van der Waals surface area (Å²) >= 11 is 0. The first-order valence-corrected chi connectivity index (χ1v) is 6.35. The smallest absolute Gasteiger partial charge is 0.149 e. The van der Waals surface area contributed by atoms with Gasteiger partial charge in [-0.05, 0) is 31.0 Å². The van der Waals surface area contributed by atoms with E-state index in [0.29, 0.717) is 5.82 Å². The molecule has 2 rings (SSSR count). The van der Waals surface area contributed by atoms with Crippen LogP contribution < -0.4 is 5.32 Å². The quantitative estimate of drug-likeness (QED) is 0.892. The van der Waals surface area contributed by atoms with Crippen LogP contribution in [0.5, 0.6) is 0 Å². The Morgan fingerprint density at radius 3 is 2.37 bits per heavy atom. The Morgan fingerprint density at radius 1 is 1.11 bits per heavy atom. The number of benzene rings is 1. The molecule has 0 bridgehead atoms. The van der Waals surface area contributed by atoms with E-state index in [9.17, 15) is 4.79 Å². The minimum absolute atomic E-state index is 0.0704. The molecule has 0 unspecified atom stereocenters. The summed E-state index contributed by atoms with van der Waals surface area (Å²) < 4.78 is 0. The van der Waals surface area contributed by atoms with Gasteiger partial charge in [-0.25, -0.2) is 0 Å². The number of anilines is 1. The Kier molecular flexibility index (Phi) is 4.23. The Morgan fingerprint density at radius 2 is 1.84 bits per heavy atom. The summed E-state index contributed by atoms with van der Waals surface area (Å²) in [6.07, 6.45) is 1.03. The largest absolute Gasteiger partial charge is 0.362 e. The molecule has 1 heterocycles. The number of aromatic nitrogens is 2. The van der Waals surface area contributed by atoms with Gasteiger partial charge in [0.05, 0.1) is 12.2 Å². The Hall–Kier alpha value is -2.23. The molecule has 0 aliphatic rings. The lowest BCUT2D eigenvalue weighted by atomic mass is 10.1. The molecule has 0 radical (unpaired) electrons. The first-order chi connectivity index (χ1) is 9.19. The molecular formula is C15H17N3O. The zero-order chi connectivity index (χ0) is 13.7. The van der Waals surface area contributed by atoms with Gasteiger partial charge in [0, 0.05) is 5.56 Å². The van der Waals surface area contributed by atoms with Crippen LogP contribution in [0.4, 0.5) is 5.82 Å². The number of aryl methyl sites for hydroxylation is 1. The lowest BCUT2D eigenvalue weighted by Crippen LogP contribution is -2.11. The summed E-state index contributed by atoms with van der Waals surface area (Å²) in [7, 11) is 0. The van der Waals surface area contributed by atoms with Crippen molar-refractivity contribution in [1.29, 1.82) is 0 Å². The van der Waals surface area contributed by atoms with Crippen molar-refractivity contribution in [3.05, 3.63) is 42.0 Å². The number of Topliss-reactive ketones (excluding diaryl/α,β-unsaturated/α-hetero) is 1. The maximum atomic E-state index is 10.9. The van der Waals surface area contributed by atoms with Crippen LogP contribution in [0, 0.1) is 0 Å². The van der Waals surface area contributed by atoms with Crippen LogP contribution in [0.3, 0.4) is 0 Å². The average Bonchev–Trinajstić information content (AvgIpc) is 2.46. The fourth-order valence-corrected chi connectivity index (χ4v) is 1.71. The zero-order valence-electron chi connectivity index (χ0n) is 11.2. The Balaban J connectivity index is 2.10. The van der Waals surface area contributed by atoms with Crippen molar-refractivity contribution in [2.45, 2.75) is 20.3 Å². The predicted octanol–water partition coefficient (Wildman–Crippen LogP) is 2.71. The van der Waals surface area contributed by atoms with E-state index in [0.717, 1.165) is 17.7 Å². The van der Waals surface area contributed by atoms with Gasteiger partial charge >= 0.3 is 0 Å². The van der Waals surface area contributed by atoms with E-state index in [-0.39, 0.29) is 12.3 Å². The van der Waals surface area contributed by atoms with Crippen LogP contribution in [-0.4, -0.2) is 22.5 Å². The first kappa shape index (κ1) is 13.2. The van der Waals surface area contributed by atoms with Gasteiger partial charge in [-0.15, -0.1) is 10.2 Å². The van der Waals surface area contributed by atoms with Crippen molar-refractivity contribution in [3.8, 4) is 11.3 Å². The fourth-order valence-electron chi connectivity index (χ4n) is 1.71. The number of ketones is 1. The molecule has 0 spiro atoms. The topological polar surface area (TPSA) is 54.9 Å². The second kappa shape index (κ2) is 6.09. The molecule has 0 aliphatic heterocycles. The molecule has 19 heavy (non-hydrogen) atoms. The van der Waals surface area contributed by atoms with Crippen molar-refractivity contribution < 1.29 is 4.79 Å². The fraction of sp³-hybridized carbons (Fsp3) is 0.267.